The van der Waals surface area contributed by atoms with E-state index in [4.69, 9.17) is 4.84 Å². The van der Waals surface area contributed by atoms with Crippen LogP contribution < -0.4 is 0 Å². The first-order valence-corrected chi connectivity index (χ1v) is 6.22. The molecule has 0 aliphatic carbocycles. The highest BCUT2D eigenvalue weighted by molar-refractivity contribution is 7.09. The third kappa shape index (κ3) is 2.54. The van der Waals surface area contributed by atoms with Crippen LogP contribution in [0.5, 0.6) is 0 Å². The van der Waals surface area contributed by atoms with Crippen LogP contribution in [0, 0.1) is 0 Å². The van der Waals surface area contributed by atoms with Crippen molar-refractivity contribution in [2.24, 2.45) is 0 Å². The number of rotatable bonds is 5. The Hall–Kier alpha value is -1.24. The standard InChI is InChI=1S/C11H15N3O2S/c1-3-4-16-14(8-15)10-6-13(2)5-9-11(10)17-7-12-9/h3,7-8,10H,1,4-6H2,2H3/t10-/m0/s1. The van der Waals surface area contributed by atoms with Crippen LogP contribution in [0.3, 0.4) is 0 Å². The van der Waals surface area contributed by atoms with E-state index in [2.05, 4.69) is 16.5 Å². The van der Waals surface area contributed by atoms with E-state index >= 15 is 0 Å². The molecule has 1 amide bonds. The number of hydrogen-bond donors (Lipinski definition) is 0. The third-order valence-electron chi connectivity index (χ3n) is 2.63. The van der Waals surface area contributed by atoms with Crippen molar-refractivity contribution in [2.45, 2.75) is 12.6 Å². The van der Waals surface area contributed by atoms with Crippen LogP contribution in [-0.4, -0.2) is 41.6 Å². The Kier molecular flexibility index (Phi) is 3.88. The smallest absolute Gasteiger partial charge is 0.234 e. The first-order valence-electron chi connectivity index (χ1n) is 5.34. The summed E-state index contributed by atoms with van der Waals surface area (Å²) in [5.41, 5.74) is 2.84. The fourth-order valence-electron chi connectivity index (χ4n) is 1.90. The fraction of sp³-hybridized carbons (Fsp3) is 0.455. The van der Waals surface area contributed by atoms with Crippen LogP contribution in [0.4, 0.5) is 0 Å². The molecule has 5 nitrogen and oxygen atoms in total. The molecule has 0 N–H and O–H groups in total. The number of hydroxylamine groups is 2. The van der Waals surface area contributed by atoms with Gasteiger partial charge in [-0.05, 0) is 7.05 Å². The minimum atomic E-state index is -0.0753. The number of likely N-dealkylation sites (N-methyl/N-ethyl adjacent to an activating group) is 1. The molecule has 1 atom stereocenters. The third-order valence-corrected chi connectivity index (χ3v) is 3.60. The largest absolute Gasteiger partial charge is 0.298 e. The van der Waals surface area contributed by atoms with Gasteiger partial charge in [0.05, 0.1) is 22.7 Å². The van der Waals surface area contributed by atoms with E-state index in [1.54, 1.807) is 17.4 Å². The van der Waals surface area contributed by atoms with Crippen LogP contribution in [0.1, 0.15) is 16.6 Å². The molecule has 0 fully saturated rings. The van der Waals surface area contributed by atoms with Crippen LogP contribution in [0.2, 0.25) is 0 Å². The average molecular weight is 253 g/mol. The normalized spacial score (nSPS) is 19.7. The molecule has 0 radical (unpaired) electrons. The summed E-state index contributed by atoms with van der Waals surface area (Å²) >= 11 is 1.57. The number of aromatic nitrogens is 1. The van der Waals surface area contributed by atoms with E-state index in [9.17, 15) is 4.79 Å². The SMILES string of the molecule is C=CCON(C=O)[C@H]1CN(C)Cc2ncsc21. The zero-order valence-corrected chi connectivity index (χ0v) is 10.5. The number of amides is 1. The van der Waals surface area contributed by atoms with Crippen molar-refractivity contribution < 1.29 is 9.63 Å². The summed E-state index contributed by atoms with van der Waals surface area (Å²) in [6.45, 7) is 5.48. The molecular formula is C11H15N3O2S. The molecule has 92 valence electrons. The summed E-state index contributed by atoms with van der Waals surface area (Å²) in [6.07, 6.45) is 2.34. The number of carbonyl (C=O) groups is 1. The second-order valence-electron chi connectivity index (χ2n) is 3.93. The molecule has 6 heteroatoms. The lowest BCUT2D eigenvalue weighted by atomic mass is 10.1. The van der Waals surface area contributed by atoms with Crippen molar-refractivity contribution in [2.75, 3.05) is 20.2 Å². The maximum atomic E-state index is 11.1. The highest BCUT2D eigenvalue weighted by atomic mass is 32.1. The van der Waals surface area contributed by atoms with E-state index in [0.717, 1.165) is 30.1 Å². The summed E-state index contributed by atoms with van der Waals surface area (Å²) in [5.74, 6) is 0. The molecule has 17 heavy (non-hydrogen) atoms. The van der Waals surface area contributed by atoms with Gasteiger partial charge in [0.15, 0.2) is 0 Å². The molecule has 0 bridgehead atoms. The lowest BCUT2D eigenvalue weighted by molar-refractivity contribution is -0.185. The topological polar surface area (TPSA) is 45.7 Å². The van der Waals surface area contributed by atoms with Crippen molar-refractivity contribution in [1.82, 2.24) is 14.9 Å². The maximum absolute atomic E-state index is 11.1. The Morgan fingerprint density at radius 1 is 1.82 bits per heavy atom. The van der Waals surface area contributed by atoms with E-state index in [-0.39, 0.29) is 6.04 Å². The molecule has 0 saturated carbocycles. The Bertz CT molecular complexity index is 407. The van der Waals surface area contributed by atoms with Crippen LogP contribution >= 0.6 is 11.3 Å². The minimum Gasteiger partial charge on any atom is -0.298 e. The van der Waals surface area contributed by atoms with Gasteiger partial charge in [-0.15, -0.1) is 17.9 Å². The molecule has 1 aliphatic heterocycles. The van der Waals surface area contributed by atoms with Crippen LogP contribution in [0.25, 0.3) is 0 Å². The number of nitrogens with zero attached hydrogens (tertiary/aromatic N) is 3. The van der Waals surface area contributed by atoms with Crippen molar-refractivity contribution in [3.05, 3.63) is 28.7 Å². The molecule has 0 unspecified atom stereocenters. The molecule has 1 aromatic rings. The molecule has 2 heterocycles. The quantitative estimate of drug-likeness (QED) is 0.449. The van der Waals surface area contributed by atoms with Gasteiger partial charge in [0.2, 0.25) is 6.41 Å². The van der Waals surface area contributed by atoms with Crippen molar-refractivity contribution >= 4 is 17.7 Å². The lowest BCUT2D eigenvalue weighted by Crippen LogP contribution is -2.39. The second kappa shape index (κ2) is 5.39. The van der Waals surface area contributed by atoms with Gasteiger partial charge in [0.25, 0.3) is 0 Å². The first-order chi connectivity index (χ1) is 8.26. The highest BCUT2D eigenvalue weighted by Crippen LogP contribution is 2.32. The zero-order chi connectivity index (χ0) is 12.3. The highest BCUT2D eigenvalue weighted by Gasteiger charge is 2.30. The molecular weight excluding hydrogens is 238 g/mol. The predicted octanol–water partition coefficient (Wildman–Crippen LogP) is 1.21. The van der Waals surface area contributed by atoms with Crippen LogP contribution in [-0.2, 0) is 16.2 Å². The van der Waals surface area contributed by atoms with Gasteiger partial charge < -0.3 is 0 Å². The lowest BCUT2D eigenvalue weighted by Gasteiger charge is -2.33. The molecule has 2 rings (SSSR count). The molecule has 1 aromatic heterocycles. The number of fused-ring (bicyclic) bond motifs is 1. The van der Waals surface area contributed by atoms with Gasteiger partial charge in [-0.3, -0.25) is 14.5 Å². The van der Waals surface area contributed by atoms with E-state index in [1.165, 1.54) is 5.06 Å². The maximum Gasteiger partial charge on any atom is 0.234 e. The Morgan fingerprint density at radius 3 is 3.35 bits per heavy atom. The number of hydrogen-bond acceptors (Lipinski definition) is 5. The summed E-state index contributed by atoms with van der Waals surface area (Å²) in [6, 6.07) is -0.0753. The van der Waals surface area contributed by atoms with Gasteiger partial charge in [-0.2, -0.15) is 0 Å². The molecule has 0 saturated heterocycles. The zero-order valence-electron chi connectivity index (χ0n) is 9.70. The average Bonchev–Trinajstić information content (AvgIpc) is 2.77. The molecule has 0 spiro atoms. The first kappa shape index (κ1) is 12.2. The Morgan fingerprint density at radius 2 is 2.65 bits per heavy atom. The summed E-state index contributed by atoms with van der Waals surface area (Å²) in [4.78, 5) is 24.0. The van der Waals surface area contributed by atoms with E-state index in [1.807, 2.05) is 12.6 Å². The van der Waals surface area contributed by atoms with Crippen molar-refractivity contribution in [3.63, 3.8) is 0 Å². The van der Waals surface area contributed by atoms with Gasteiger partial charge >= 0.3 is 0 Å². The van der Waals surface area contributed by atoms with E-state index < -0.39 is 0 Å². The van der Waals surface area contributed by atoms with Gasteiger partial charge in [0.1, 0.15) is 6.04 Å². The minimum absolute atomic E-state index is 0.0753. The fourth-order valence-corrected chi connectivity index (χ4v) is 2.78. The number of carbonyl (C=O) groups excluding carboxylic acids is 1. The second-order valence-corrected chi connectivity index (χ2v) is 4.81. The predicted molar refractivity (Wildman–Crippen MR) is 65.2 cm³/mol. The Labute approximate surface area is 104 Å². The molecule has 1 aliphatic rings. The van der Waals surface area contributed by atoms with Gasteiger partial charge in [-0.25, -0.2) is 10.0 Å². The van der Waals surface area contributed by atoms with Gasteiger partial charge in [0, 0.05) is 13.1 Å². The van der Waals surface area contributed by atoms with E-state index in [0.29, 0.717) is 6.61 Å². The van der Waals surface area contributed by atoms with Crippen molar-refractivity contribution in [3.8, 4) is 0 Å². The monoisotopic (exact) mass is 253 g/mol. The van der Waals surface area contributed by atoms with Crippen molar-refractivity contribution in [1.29, 1.82) is 0 Å². The molecule has 0 aromatic carbocycles. The summed E-state index contributed by atoms with van der Waals surface area (Å²) in [5, 5.41) is 1.36. The number of thiazole rings is 1. The summed E-state index contributed by atoms with van der Waals surface area (Å²) < 4.78 is 0. The van der Waals surface area contributed by atoms with Crippen LogP contribution in [0.15, 0.2) is 18.2 Å². The van der Waals surface area contributed by atoms with Gasteiger partial charge in [-0.1, -0.05) is 6.08 Å². The summed E-state index contributed by atoms with van der Waals surface area (Å²) in [7, 11) is 2.01. The Balaban J connectivity index is 2.20.